The van der Waals surface area contributed by atoms with Gasteiger partial charge in [0.15, 0.2) is 0 Å². The Morgan fingerprint density at radius 2 is 1.27 bits per heavy atom. The summed E-state index contributed by atoms with van der Waals surface area (Å²) in [5.41, 5.74) is 13.8. The fourth-order valence-corrected chi connectivity index (χ4v) is 13.8. The molecule has 4 heteroatoms. The molecule has 2 heterocycles. The average Bonchev–Trinajstić information content (AvgIpc) is 3.87. The summed E-state index contributed by atoms with van der Waals surface area (Å²) in [5, 5.41) is 3.89. The minimum Gasteiger partial charge on any atom is -0.314 e. The monoisotopic (exact) mass is 860 g/mol. The molecule has 1 saturated heterocycles. The van der Waals surface area contributed by atoms with Gasteiger partial charge in [0.25, 0.3) is 0 Å². The normalized spacial score (nSPS) is 20.8. The largest absolute Gasteiger partial charge is 0.314 e. The second kappa shape index (κ2) is 15.9. The van der Waals surface area contributed by atoms with Crippen molar-refractivity contribution in [3.63, 3.8) is 0 Å². The zero-order valence-electron chi connectivity index (χ0n) is 36.1. The Kier molecular flexibility index (Phi) is 9.69. The number of para-hydroxylation sites is 2. The molecular formula is C60H48N2S2. The van der Waals surface area contributed by atoms with Gasteiger partial charge in [-0.3, -0.25) is 0 Å². The number of hydrogen-bond acceptors (Lipinski definition) is 4. The Hall–Kier alpha value is -6.59. The molecule has 4 aliphatic rings. The van der Waals surface area contributed by atoms with Gasteiger partial charge in [-0.05, 0) is 147 Å². The van der Waals surface area contributed by atoms with E-state index in [1.165, 1.54) is 76.3 Å². The predicted molar refractivity (Wildman–Crippen MR) is 277 cm³/mol. The fourth-order valence-electron chi connectivity index (χ4n) is 10.8. The summed E-state index contributed by atoms with van der Waals surface area (Å²) in [4.78, 5) is 7.78. The van der Waals surface area contributed by atoms with Crippen LogP contribution in [-0.4, -0.2) is 4.75 Å². The first-order valence-corrected chi connectivity index (χ1v) is 24.2. The van der Waals surface area contributed by atoms with Crippen LogP contribution in [0, 0.1) is 11.8 Å². The van der Waals surface area contributed by atoms with Gasteiger partial charge < -0.3 is 9.80 Å². The molecule has 8 aromatic rings. The van der Waals surface area contributed by atoms with Crippen molar-refractivity contribution in [3.05, 3.63) is 233 Å². The quantitative estimate of drug-likeness (QED) is 0.150. The van der Waals surface area contributed by atoms with E-state index < -0.39 is 0 Å². The van der Waals surface area contributed by atoms with Crippen LogP contribution < -0.4 is 9.80 Å². The molecule has 4 atom stereocenters. The Morgan fingerprint density at radius 1 is 0.609 bits per heavy atom. The minimum atomic E-state index is 0.112. The lowest BCUT2D eigenvalue weighted by Crippen LogP contribution is -2.27. The van der Waals surface area contributed by atoms with Gasteiger partial charge in [-0.25, -0.2) is 0 Å². The number of thiophene rings is 1. The molecule has 0 bridgehead atoms. The van der Waals surface area contributed by atoms with Gasteiger partial charge in [0, 0.05) is 60.3 Å². The zero-order valence-corrected chi connectivity index (χ0v) is 37.7. The molecular weight excluding hydrogens is 813 g/mol. The van der Waals surface area contributed by atoms with Crippen LogP contribution in [0.15, 0.2) is 217 Å². The highest BCUT2D eigenvalue weighted by Gasteiger charge is 2.48. The summed E-state index contributed by atoms with van der Waals surface area (Å²) in [5.74, 6) is 1.38. The van der Waals surface area contributed by atoms with Gasteiger partial charge in [-0.1, -0.05) is 147 Å². The number of thioether (sulfide) groups is 1. The highest BCUT2D eigenvalue weighted by molar-refractivity contribution is 8.05. The Labute approximate surface area is 384 Å². The number of benzene rings is 7. The molecule has 7 aromatic carbocycles. The van der Waals surface area contributed by atoms with E-state index in [-0.39, 0.29) is 4.75 Å². The third-order valence-corrected chi connectivity index (χ3v) is 16.6. The summed E-state index contributed by atoms with van der Waals surface area (Å²) < 4.78 is 1.44. The van der Waals surface area contributed by atoms with E-state index in [9.17, 15) is 0 Å². The average molecular weight is 861 g/mol. The third-order valence-electron chi connectivity index (χ3n) is 13.8. The number of anilines is 5. The molecule has 0 saturated carbocycles. The van der Waals surface area contributed by atoms with E-state index in [0.29, 0.717) is 17.8 Å². The maximum Gasteiger partial charge on any atom is 0.0468 e. The molecule has 2 nitrogen and oxygen atoms in total. The summed E-state index contributed by atoms with van der Waals surface area (Å²) >= 11 is 4.00. The highest BCUT2D eigenvalue weighted by atomic mass is 32.2. The van der Waals surface area contributed by atoms with Crippen molar-refractivity contribution < 1.29 is 0 Å². The molecule has 4 unspecified atom stereocenters. The predicted octanol–water partition coefficient (Wildman–Crippen LogP) is 17.4. The van der Waals surface area contributed by atoms with Crippen molar-refractivity contribution in [2.45, 2.75) is 37.4 Å². The second-order valence-corrected chi connectivity index (χ2v) is 20.4. The SMILES string of the molecule is CC1CC(N(c2ccc(C3=C4SC5(C)C=CC=CC5C4CC=C3)cc2)c2ccc(-c3cccc4ccccc34)cc2)=Cc2sc3ccc(N(c4ccccc4)c4ccccc4)cc3c21. The van der Waals surface area contributed by atoms with Crippen LogP contribution in [0.4, 0.5) is 28.4 Å². The fraction of sp³-hybridized carbons (Fsp3) is 0.133. The summed E-state index contributed by atoms with van der Waals surface area (Å²) in [6, 6.07) is 62.5. The zero-order chi connectivity index (χ0) is 42.8. The molecule has 3 aliphatic carbocycles. The van der Waals surface area contributed by atoms with Crippen LogP contribution in [0.3, 0.4) is 0 Å². The second-order valence-electron chi connectivity index (χ2n) is 17.8. The van der Waals surface area contributed by atoms with Gasteiger partial charge in [0.05, 0.1) is 0 Å². The van der Waals surface area contributed by atoms with E-state index in [4.69, 9.17) is 0 Å². The number of hydrogen-bond donors (Lipinski definition) is 0. The van der Waals surface area contributed by atoms with Crippen molar-refractivity contribution in [2.24, 2.45) is 11.8 Å². The number of allylic oxidation sites excluding steroid dienone is 8. The van der Waals surface area contributed by atoms with Gasteiger partial charge in [0.1, 0.15) is 0 Å². The smallest absolute Gasteiger partial charge is 0.0468 e. The lowest BCUT2D eigenvalue weighted by atomic mass is 9.75. The first-order valence-electron chi connectivity index (χ1n) is 22.6. The van der Waals surface area contributed by atoms with Crippen molar-refractivity contribution >= 4 is 84.0 Å². The van der Waals surface area contributed by atoms with Gasteiger partial charge in [0.2, 0.25) is 0 Å². The molecule has 0 amide bonds. The first-order chi connectivity index (χ1) is 31.5. The van der Waals surface area contributed by atoms with Crippen molar-refractivity contribution in [2.75, 3.05) is 9.80 Å². The standard InChI is InChI=1S/C60H48N2S2/c1-40-37-49(39-57-58(40)54-38-48(34-35-56(54)63-57)61(44-17-5-3-6-18-44)45-19-7-4-8-20-45)62(46-30-26-42(27-31-46)51-22-13-16-41-15-9-10-21-50(41)51)47-32-28-43(29-33-47)52-23-14-24-53-55-25-11-12-36-60(55,2)64-59(52)53/h3-23,25-36,38-40,53,55H,24,37H2,1-2H3. The van der Waals surface area contributed by atoms with Crippen LogP contribution in [0.5, 0.6) is 0 Å². The maximum absolute atomic E-state index is 2.52. The molecule has 1 aliphatic heterocycles. The molecule has 310 valence electrons. The van der Waals surface area contributed by atoms with Gasteiger partial charge in [-0.2, -0.15) is 0 Å². The van der Waals surface area contributed by atoms with Crippen LogP contribution in [-0.2, 0) is 0 Å². The van der Waals surface area contributed by atoms with Gasteiger partial charge in [-0.15, -0.1) is 23.1 Å². The van der Waals surface area contributed by atoms with E-state index >= 15 is 0 Å². The number of rotatable bonds is 8. The topological polar surface area (TPSA) is 6.48 Å². The van der Waals surface area contributed by atoms with Crippen LogP contribution in [0.1, 0.15) is 48.6 Å². The molecule has 0 spiro atoms. The lowest BCUT2D eigenvalue weighted by molar-refractivity contribution is 0.437. The number of fused-ring (bicyclic) bond motifs is 7. The van der Waals surface area contributed by atoms with E-state index in [2.05, 4.69) is 248 Å². The van der Waals surface area contributed by atoms with E-state index in [1.54, 1.807) is 4.91 Å². The Bertz CT molecular complexity index is 3180. The van der Waals surface area contributed by atoms with Crippen molar-refractivity contribution in [1.29, 1.82) is 0 Å². The van der Waals surface area contributed by atoms with E-state index in [1.807, 2.05) is 11.3 Å². The molecule has 12 rings (SSSR count). The molecule has 1 aromatic heterocycles. The summed E-state index contributed by atoms with van der Waals surface area (Å²) in [7, 11) is 0. The van der Waals surface area contributed by atoms with Crippen molar-refractivity contribution in [1.82, 2.24) is 0 Å². The van der Waals surface area contributed by atoms with E-state index in [0.717, 1.165) is 24.2 Å². The Morgan fingerprint density at radius 3 is 2.02 bits per heavy atom. The molecule has 0 radical (unpaired) electrons. The highest BCUT2D eigenvalue weighted by Crippen LogP contribution is 2.60. The first kappa shape index (κ1) is 39.0. The van der Waals surface area contributed by atoms with Crippen molar-refractivity contribution in [3.8, 4) is 11.1 Å². The maximum atomic E-state index is 2.52. The summed E-state index contributed by atoms with van der Waals surface area (Å²) in [6.45, 7) is 4.84. The van der Waals surface area contributed by atoms with Crippen LogP contribution in [0.25, 0.3) is 43.6 Å². The molecule has 64 heavy (non-hydrogen) atoms. The minimum absolute atomic E-state index is 0.112. The number of nitrogens with zero attached hydrogens (tertiary/aromatic N) is 2. The third kappa shape index (κ3) is 6.71. The summed E-state index contributed by atoms with van der Waals surface area (Å²) in [6.07, 6.45) is 18.6. The van der Waals surface area contributed by atoms with Crippen LogP contribution in [0.2, 0.25) is 0 Å². The molecule has 0 N–H and O–H groups in total. The lowest BCUT2D eigenvalue weighted by Gasteiger charge is -2.32. The van der Waals surface area contributed by atoms with Gasteiger partial charge >= 0.3 is 0 Å². The van der Waals surface area contributed by atoms with Crippen LogP contribution >= 0.6 is 23.1 Å². The Balaban J connectivity index is 0.951. The molecule has 1 fully saturated rings.